The Morgan fingerprint density at radius 3 is 1.60 bits per heavy atom. The van der Waals surface area contributed by atoms with Gasteiger partial charge in [-0.25, -0.2) is 14.6 Å². The van der Waals surface area contributed by atoms with Crippen molar-refractivity contribution < 1.29 is 19.1 Å². The lowest BCUT2D eigenvalue weighted by atomic mass is 9.90. The summed E-state index contributed by atoms with van der Waals surface area (Å²) in [4.78, 5) is 31.2. The van der Waals surface area contributed by atoms with E-state index in [0.29, 0.717) is 18.8 Å². The topological polar surface area (TPSA) is 87.4 Å². The summed E-state index contributed by atoms with van der Waals surface area (Å²) < 4.78 is 23.8. The summed E-state index contributed by atoms with van der Waals surface area (Å²) in [6.07, 6.45) is 0.515. The van der Waals surface area contributed by atoms with Crippen LogP contribution in [0.4, 0.5) is 4.79 Å². The molecule has 78 heavy (non-hydrogen) atoms. The number of esters is 1. The average Bonchev–Trinajstić information content (AvgIpc) is 4.38. The molecule has 5 heterocycles. The molecule has 5 aromatic heterocycles. The zero-order valence-electron chi connectivity index (χ0n) is 42.1. The monoisotopic (exact) mass is 1090 g/mol. The van der Waals surface area contributed by atoms with Crippen LogP contribution in [0.1, 0.15) is 0 Å². The van der Waals surface area contributed by atoms with Crippen molar-refractivity contribution in [1.82, 2.24) is 19.4 Å². The van der Waals surface area contributed by atoms with Crippen molar-refractivity contribution in [2.75, 3.05) is 25.5 Å². The van der Waals surface area contributed by atoms with E-state index in [9.17, 15) is 9.59 Å². The maximum absolute atomic E-state index is 14.1. The van der Waals surface area contributed by atoms with Gasteiger partial charge in [0.15, 0.2) is 4.34 Å². The van der Waals surface area contributed by atoms with Crippen molar-refractivity contribution in [2.45, 2.75) is 17.4 Å². The molecule has 0 saturated heterocycles. The predicted octanol–water partition coefficient (Wildman–Crippen LogP) is 17.5. The quantitative estimate of drug-likeness (QED) is 0.0476. The number of nitrogens with zero attached hydrogens (tertiary/aromatic N) is 3. The lowest BCUT2D eigenvalue weighted by Gasteiger charge is -2.35. The van der Waals surface area contributed by atoms with E-state index in [4.69, 9.17) is 14.5 Å². The van der Waals surface area contributed by atoms with Crippen molar-refractivity contribution in [3.8, 4) is 22.3 Å². The fraction of sp³-hybridized carbons (Fsp3) is 0.106. The zero-order valence-corrected chi connectivity index (χ0v) is 45.4. The summed E-state index contributed by atoms with van der Waals surface area (Å²) >= 11 is 7.06. The van der Waals surface area contributed by atoms with E-state index in [0.717, 1.165) is 75.4 Å². The number of nitrogens with one attached hydrogen (secondary N) is 1. The highest BCUT2D eigenvalue weighted by Gasteiger charge is 2.37. The molecule has 8 nitrogen and oxygen atoms in total. The first kappa shape index (κ1) is 48.1. The number of thioether (sulfide) groups is 1. The molecule has 0 radical (unpaired) electrons. The molecular weight excluding hydrogens is 1040 g/mol. The molecule has 0 saturated carbocycles. The van der Waals surface area contributed by atoms with Crippen LogP contribution < -0.4 is 5.32 Å². The van der Waals surface area contributed by atoms with Crippen molar-refractivity contribution in [3.63, 3.8) is 0 Å². The molecule has 0 aliphatic rings. The molecule has 14 aromatic rings. The van der Waals surface area contributed by atoms with Crippen LogP contribution in [0.3, 0.4) is 0 Å². The fourth-order valence-corrected chi connectivity index (χ4v) is 16.1. The van der Waals surface area contributed by atoms with Gasteiger partial charge in [0.2, 0.25) is 0 Å². The number of hydrogen-bond acceptors (Lipinski definition) is 9. The first-order chi connectivity index (χ1) is 38.4. The number of carbonyl (C=O) groups is 2. The normalized spacial score (nSPS) is 12.1. The van der Waals surface area contributed by atoms with Gasteiger partial charge in [-0.3, -0.25) is 0 Å². The van der Waals surface area contributed by atoms with Gasteiger partial charge in [-0.05, 0) is 70.8 Å². The van der Waals surface area contributed by atoms with Gasteiger partial charge in [0, 0.05) is 114 Å². The number of carbonyl (C=O) groups excluding carboxylic acids is 2. The second-order valence-corrected chi connectivity index (χ2v) is 24.2. The number of aromatic nitrogens is 3. The van der Waals surface area contributed by atoms with Crippen LogP contribution in [-0.4, -0.2) is 51.7 Å². The van der Waals surface area contributed by atoms with Gasteiger partial charge in [-0.15, -0.1) is 34.0 Å². The van der Waals surface area contributed by atoms with Crippen molar-refractivity contribution in [1.29, 1.82) is 0 Å². The molecule has 380 valence electrons. The first-order valence-electron chi connectivity index (χ1n) is 25.9. The van der Waals surface area contributed by atoms with Gasteiger partial charge >= 0.3 is 12.1 Å². The highest BCUT2D eigenvalue weighted by Crippen LogP contribution is 2.46. The third kappa shape index (κ3) is 8.56. The second-order valence-electron chi connectivity index (χ2n) is 19.8. The Morgan fingerprint density at radius 2 is 1.04 bits per heavy atom. The van der Waals surface area contributed by atoms with Gasteiger partial charge in [-0.1, -0.05) is 164 Å². The highest BCUT2D eigenvalue weighted by molar-refractivity contribution is 8.01. The molecule has 0 spiro atoms. The van der Waals surface area contributed by atoms with Gasteiger partial charge in [0.05, 0.1) is 16.8 Å². The van der Waals surface area contributed by atoms with Crippen LogP contribution in [0.15, 0.2) is 211 Å². The van der Waals surface area contributed by atoms with Crippen LogP contribution in [0.2, 0.25) is 0 Å². The molecule has 0 fully saturated rings. The molecule has 0 aliphatic heterocycles. The zero-order chi connectivity index (χ0) is 52.3. The Labute approximate surface area is 464 Å². The van der Waals surface area contributed by atoms with E-state index in [-0.39, 0.29) is 19.8 Å². The minimum atomic E-state index is -0.790. The van der Waals surface area contributed by atoms with Crippen LogP contribution >= 0.6 is 45.8 Å². The Bertz CT molecular complexity index is 4430. The molecule has 0 bridgehead atoms. The number of alkyl carbamates (subject to hydrolysis) is 1. The smallest absolute Gasteiger partial charge is 0.407 e. The SMILES string of the molecule is C=CC(=O)OCCNC(=O)OCC(CSc1nc2ccccc2s1)(Cn1c2ccccc2c2ccc(-c3cccc4c3sc3ccccc34)cc21)Cn1c2ccccc2c2ccc(-c3cccc4c3sc3ccccc34)cc21. The van der Waals surface area contributed by atoms with E-state index in [1.807, 2.05) is 28.7 Å². The van der Waals surface area contributed by atoms with Crippen LogP contribution in [0.5, 0.6) is 0 Å². The van der Waals surface area contributed by atoms with Gasteiger partial charge in [0.25, 0.3) is 0 Å². The van der Waals surface area contributed by atoms with Crippen LogP contribution in [0, 0.1) is 5.41 Å². The summed E-state index contributed by atoms with van der Waals surface area (Å²) in [5.74, 6) is -0.0126. The number of para-hydroxylation sites is 3. The number of amides is 1. The standard InChI is InChI=1S/C66H48N4O4S4/c1-2-61(71)73-34-33-67-64(72)74-39-66(40-75-65-68-53-23-7-12-28-60(53)78-65,37-69-54-24-8-3-15-45(54)47-31-29-41(35-56(47)69)43-19-13-21-51-49-17-5-10-26-58(49)76-62(43)51)38-70-55-25-9-4-16-46(55)48-32-30-42(36-57(48)70)44-20-14-22-52-50-18-6-11-27-59(50)77-63(44)52/h2-32,35-36H,1,33-34,37-40H2,(H,67,72). The van der Waals surface area contributed by atoms with Crippen molar-refractivity contribution in [2.24, 2.45) is 5.41 Å². The Kier molecular flexibility index (Phi) is 12.3. The van der Waals surface area contributed by atoms with E-state index < -0.39 is 17.5 Å². The number of hydrogen-bond donors (Lipinski definition) is 1. The molecule has 9 aromatic carbocycles. The maximum atomic E-state index is 14.1. The molecule has 0 unspecified atom stereocenters. The van der Waals surface area contributed by atoms with E-state index >= 15 is 0 Å². The summed E-state index contributed by atoms with van der Waals surface area (Å²) in [5.41, 5.74) is 9.18. The number of thiophene rings is 2. The minimum Gasteiger partial charge on any atom is -0.461 e. The molecule has 1 amide bonds. The Balaban J connectivity index is 0.957. The maximum Gasteiger partial charge on any atom is 0.407 e. The van der Waals surface area contributed by atoms with Crippen LogP contribution in [-0.2, 0) is 27.4 Å². The highest BCUT2D eigenvalue weighted by atomic mass is 32.2. The van der Waals surface area contributed by atoms with Crippen molar-refractivity contribution >= 4 is 152 Å². The second kappa shape index (κ2) is 20.0. The Morgan fingerprint density at radius 1 is 0.538 bits per heavy atom. The molecule has 0 atom stereocenters. The average molecular weight is 1090 g/mol. The number of ether oxygens (including phenoxy) is 2. The Hall–Kier alpha value is -8.26. The largest absolute Gasteiger partial charge is 0.461 e. The summed E-state index contributed by atoms with van der Waals surface area (Å²) in [6.45, 7) is 4.57. The third-order valence-electron chi connectivity index (χ3n) is 15.0. The van der Waals surface area contributed by atoms with Gasteiger partial charge in [-0.2, -0.15) is 0 Å². The molecule has 1 N–H and O–H groups in total. The fourth-order valence-electron chi connectivity index (χ4n) is 11.4. The first-order valence-corrected chi connectivity index (χ1v) is 29.3. The third-order valence-corrected chi connectivity index (χ3v) is 20.0. The molecule has 14 rings (SSSR count). The summed E-state index contributed by atoms with van der Waals surface area (Å²) in [6, 6.07) is 70.0. The summed E-state index contributed by atoms with van der Waals surface area (Å²) in [5, 5.41) is 12.5. The van der Waals surface area contributed by atoms with Gasteiger partial charge < -0.3 is 23.9 Å². The minimum absolute atomic E-state index is 0.0175. The number of fused-ring (bicyclic) bond motifs is 13. The number of rotatable bonds is 15. The van der Waals surface area contributed by atoms with Crippen LogP contribution in [0.25, 0.3) is 116 Å². The lowest BCUT2D eigenvalue weighted by molar-refractivity contribution is -0.137. The summed E-state index contributed by atoms with van der Waals surface area (Å²) in [7, 11) is 0. The van der Waals surface area contributed by atoms with E-state index in [2.05, 4.69) is 209 Å². The van der Waals surface area contributed by atoms with Crippen molar-refractivity contribution in [3.05, 3.63) is 207 Å². The molecule has 0 aliphatic carbocycles. The number of benzene rings is 9. The molecule has 12 heteroatoms. The lowest BCUT2D eigenvalue weighted by Crippen LogP contribution is -2.41. The molecular formula is C66H48N4O4S4. The van der Waals surface area contributed by atoms with E-state index in [1.54, 1.807) is 23.1 Å². The van der Waals surface area contributed by atoms with Gasteiger partial charge in [0.1, 0.15) is 13.2 Å². The number of thiazole rings is 1. The van der Waals surface area contributed by atoms with E-state index in [1.165, 1.54) is 51.5 Å². The predicted molar refractivity (Wildman–Crippen MR) is 329 cm³/mol.